The smallest absolute Gasteiger partial charge is 0.270 e. The average Bonchev–Trinajstić information content (AvgIpc) is 3.15. The minimum atomic E-state index is -0.153. The van der Waals surface area contributed by atoms with Crippen molar-refractivity contribution in [2.24, 2.45) is 0 Å². The molecule has 0 unspecified atom stereocenters. The van der Waals surface area contributed by atoms with E-state index in [9.17, 15) is 4.79 Å². The Bertz CT molecular complexity index is 1330. The van der Waals surface area contributed by atoms with Crippen LogP contribution in [0.4, 0.5) is 0 Å². The highest BCUT2D eigenvalue weighted by molar-refractivity contribution is 5.70. The zero-order valence-corrected chi connectivity index (χ0v) is 14.5. The summed E-state index contributed by atoms with van der Waals surface area (Å²) in [7, 11) is 0. The molecule has 5 heteroatoms. The van der Waals surface area contributed by atoms with Gasteiger partial charge in [0.15, 0.2) is 5.65 Å². The molecular formula is C22H16N4O. The minimum absolute atomic E-state index is 0.153. The molecule has 0 spiro atoms. The lowest BCUT2D eigenvalue weighted by Gasteiger charge is -2.10. The Morgan fingerprint density at radius 3 is 2.81 bits per heavy atom. The van der Waals surface area contributed by atoms with Gasteiger partial charge in [0.05, 0.1) is 18.4 Å². The summed E-state index contributed by atoms with van der Waals surface area (Å²) in [5, 5.41) is 0. The van der Waals surface area contributed by atoms with Gasteiger partial charge in [-0.25, -0.2) is 9.97 Å². The van der Waals surface area contributed by atoms with Crippen LogP contribution in [0.1, 0.15) is 5.56 Å². The number of nitrogens with zero attached hydrogens (tertiary/aromatic N) is 4. The van der Waals surface area contributed by atoms with Gasteiger partial charge in [-0.1, -0.05) is 24.3 Å². The van der Waals surface area contributed by atoms with Gasteiger partial charge in [0.2, 0.25) is 0 Å². The molecule has 27 heavy (non-hydrogen) atoms. The minimum Gasteiger partial charge on any atom is -0.317 e. The van der Waals surface area contributed by atoms with Gasteiger partial charge in [-0.3, -0.25) is 9.36 Å². The lowest BCUT2D eigenvalue weighted by molar-refractivity contribution is 0.775. The molecule has 4 aromatic heterocycles. The molecule has 130 valence electrons. The zero-order chi connectivity index (χ0) is 18.2. The highest BCUT2D eigenvalue weighted by Crippen LogP contribution is 2.24. The monoisotopic (exact) mass is 352 g/mol. The van der Waals surface area contributed by atoms with Crippen molar-refractivity contribution < 1.29 is 0 Å². The maximum Gasteiger partial charge on any atom is 0.270 e. The number of pyridine rings is 2. The SMILES string of the molecule is O=c1cnc2cccnc2n1Cc1cccc(-c2ccc3ccccn23)c1. The van der Waals surface area contributed by atoms with E-state index >= 15 is 0 Å². The Morgan fingerprint density at radius 2 is 1.85 bits per heavy atom. The number of aromatic nitrogens is 4. The number of hydrogen-bond acceptors (Lipinski definition) is 3. The van der Waals surface area contributed by atoms with E-state index in [1.54, 1.807) is 10.8 Å². The van der Waals surface area contributed by atoms with Gasteiger partial charge in [0, 0.05) is 17.9 Å². The van der Waals surface area contributed by atoms with E-state index in [1.807, 2.05) is 36.4 Å². The zero-order valence-electron chi connectivity index (χ0n) is 14.5. The summed E-state index contributed by atoms with van der Waals surface area (Å²) in [6.07, 6.45) is 5.10. The van der Waals surface area contributed by atoms with Crippen LogP contribution >= 0.6 is 0 Å². The molecule has 0 saturated heterocycles. The summed E-state index contributed by atoms with van der Waals surface area (Å²) < 4.78 is 3.83. The molecule has 0 amide bonds. The van der Waals surface area contributed by atoms with E-state index in [-0.39, 0.29) is 5.56 Å². The van der Waals surface area contributed by atoms with Crippen molar-refractivity contribution in [1.82, 2.24) is 18.9 Å². The molecule has 5 rings (SSSR count). The molecule has 0 atom stereocenters. The Labute approximate surface area is 155 Å². The fourth-order valence-corrected chi connectivity index (χ4v) is 3.45. The fraction of sp³-hybridized carbons (Fsp3) is 0.0455. The summed E-state index contributed by atoms with van der Waals surface area (Å²) >= 11 is 0. The predicted octanol–water partition coefficient (Wildman–Crippen LogP) is 3.76. The van der Waals surface area contributed by atoms with E-state index < -0.39 is 0 Å². The largest absolute Gasteiger partial charge is 0.317 e. The molecule has 4 heterocycles. The third-order valence-corrected chi connectivity index (χ3v) is 4.73. The second kappa shape index (κ2) is 6.21. The average molecular weight is 352 g/mol. The van der Waals surface area contributed by atoms with Gasteiger partial charge < -0.3 is 4.40 Å². The molecule has 0 aliphatic carbocycles. The first-order valence-corrected chi connectivity index (χ1v) is 8.75. The number of hydrogen-bond donors (Lipinski definition) is 0. The van der Waals surface area contributed by atoms with E-state index in [2.05, 4.69) is 50.9 Å². The normalized spacial score (nSPS) is 11.3. The Morgan fingerprint density at radius 1 is 0.889 bits per heavy atom. The first-order chi connectivity index (χ1) is 13.3. The van der Waals surface area contributed by atoms with Crippen molar-refractivity contribution in [3.8, 4) is 11.3 Å². The molecule has 0 N–H and O–H groups in total. The van der Waals surface area contributed by atoms with Crippen molar-refractivity contribution in [3.05, 3.63) is 101 Å². The summed E-state index contributed by atoms with van der Waals surface area (Å²) in [5.74, 6) is 0. The van der Waals surface area contributed by atoms with Crippen molar-refractivity contribution in [1.29, 1.82) is 0 Å². The van der Waals surface area contributed by atoms with Crippen LogP contribution < -0.4 is 5.56 Å². The highest BCUT2D eigenvalue weighted by atomic mass is 16.1. The highest BCUT2D eigenvalue weighted by Gasteiger charge is 2.08. The standard InChI is InChI=1S/C22H16N4O/c27-21-14-24-19-8-4-11-23-22(19)26(21)15-16-5-3-6-17(13-16)20-10-9-18-7-1-2-12-25(18)20/h1-14H,15H2. The maximum absolute atomic E-state index is 12.4. The lowest BCUT2D eigenvalue weighted by Crippen LogP contribution is -2.21. The molecule has 0 fully saturated rings. The second-order valence-electron chi connectivity index (χ2n) is 6.44. The lowest BCUT2D eigenvalue weighted by atomic mass is 10.1. The summed E-state index contributed by atoms with van der Waals surface area (Å²) in [5.41, 5.74) is 5.58. The number of benzene rings is 1. The van der Waals surface area contributed by atoms with Crippen LogP contribution in [0, 0.1) is 0 Å². The molecule has 0 radical (unpaired) electrons. The summed E-state index contributed by atoms with van der Waals surface area (Å²) in [6.45, 7) is 0.450. The molecule has 0 aliphatic rings. The summed E-state index contributed by atoms with van der Waals surface area (Å²) in [6, 6.07) is 22.3. The Balaban J connectivity index is 1.60. The fourth-order valence-electron chi connectivity index (χ4n) is 3.45. The predicted molar refractivity (Wildman–Crippen MR) is 106 cm³/mol. The molecule has 0 saturated carbocycles. The van der Waals surface area contributed by atoms with Gasteiger partial charge in [-0.15, -0.1) is 0 Å². The van der Waals surface area contributed by atoms with Crippen LogP contribution in [0.5, 0.6) is 0 Å². The molecule has 0 aliphatic heterocycles. The maximum atomic E-state index is 12.4. The van der Waals surface area contributed by atoms with Crippen LogP contribution in [0.3, 0.4) is 0 Å². The molecule has 0 bridgehead atoms. The van der Waals surface area contributed by atoms with E-state index in [1.165, 1.54) is 6.20 Å². The van der Waals surface area contributed by atoms with Crippen LogP contribution in [0.15, 0.2) is 90.1 Å². The van der Waals surface area contributed by atoms with Gasteiger partial charge in [-0.2, -0.15) is 0 Å². The van der Waals surface area contributed by atoms with E-state index in [0.29, 0.717) is 17.7 Å². The Kier molecular flexibility index (Phi) is 3.57. The summed E-state index contributed by atoms with van der Waals surface area (Å²) in [4.78, 5) is 20.9. The van der Waals surface area contributed by atoms with Crippen LogP contribution in [0.25, 0.3) is 27.9 Å². The van der Waals surface area contributed by atoms with Crippen molar-refractivity contribution in [2.75, 3.05) is 0 Å². The number of rotatable bonds is 3. The molecule has 1 aromatic carbocycles. The molecular weight excluding hydrogens is 336 g/mol. The third-order valence-electron chi connectivity index (χ3n) is 4.73. The molecule has 5 nitrogen and oxygen atoms in total. The topological polar surface area (TPSA) is 52.2 Å². The van der Waals surface area contributed by atoms with Crippen LogP contribution in [-0.2, 0) is 6.54 Å². The first-order valence-electron chi connectivity index (χ1n) is 8.75. The third kappa shape index (κ3) is 2.69. The van der Waals surface area contributed by atoms with Crippen molar-refractivity contribution in [2.45, 2.75) is 6.54 Å². The van der Waals surface area contributed by atoms with Crippen molar-refractivity contribution >= 4 is 16.7 Å². The van der Waals surface area contributed by atoms with Gasteiger partial charge in [-0.05, 0) is 53.6 Å². The number of fused-ring (bicyclic) bond motifs is 2. The van der Waals surface area contributed by atoms with Crippen LogP contribution in [-0.4, -0.2) is 18.9 Å². The van der Waals surface area contributed by atoms with Crippen molar-refractivity contribution in [3.63, 3.8) is 0 Å². The molecule has 5 aromatic rings. The second-order valence-corrected chi connectivity index (χ2v) is 6.44. The van der Waals surface area contributed by atoms with Crippen LogP contribution in [0.2, 0.25) is 0 Å². The van der Waals surface area contributed by atoms with Gasteiger partial charge in [0.25, 0.3) is 5.56 Å². The van der Waals surface area contributed by atoms with E-state index in [4.69, 9.17) is 0 Å². The van der Waals surface area contributed by atoms with Gasteiger partial charge >= 0.3 is 0 Å². The van der Waals surface area contributed by atoms with Gasteiger partial charge in [0.1, 0.15) is 5.52 Å². The Hall–Kier alpha value is -3.73. The quantitative estimate of drug-likeness (QED) is 0.497. The first kappa shape index (κ1) is 15.5. The van der Waals surface area contributed by atoms with E-state index in [0.717, 1.165) is 22.3 Å².